The van der Waals surface area contributed by atoms with Gasteiger partial charge in [0.05, 0.1) is 12.7 Å². The van der Waals surface area contributed by atoms with Gasteiger partial charge in [-0.2, -0.15) is 0 Å². The summed E-state index contributed by atoms with van der Waals surface area (Å²) in [5.74, 6) is 1.08. The topological polar surface area (TPSA) is 27.7 Å². The second-order valence-corrected chi connectivity index (χ2v) is 7.89. The Hall–Kier alpha value is -2.10. The van der Waals surface area contributed by atoms with Gasteiger partial charge in [-0.1, -0.05) is 92.9 Å². The number of rotatable bonds is 9. The Labute approximate surface area is 175 Å². The number of methoxy groups -OCH3 is 1. The molecule has 0 saturated heterocycles. The van der Waals surface area contributed by atoms with E-state index < -0.39 is 0 Å². The van der Waals surface area contributed by atoms with E-state index >= 15 is 0 Å². The van der Waals surface area contributed by atoms with E-state index in [1.165, 1.54) is 31.2 Å². The van der Waals surface area contributed by atoms with Crippen LogP contribution in [-0.4, -0.2) is 19.5 Å². The molecule has 3 nitrogen and oxygen atoms in total. The average Bonchev–Trinajstić information content (AvgIpc) is 2.76. The van der Waals surface area contributed by atoms with E-state index in [4.69, 9.17) is 14.2 Å². The molecule has 0 radical (unpaired) electrons. The van der Waals surface area contributed by atoms with Gasteiger partial charge in [0.25, 0.3) is 0 Å². The molecule has 1 aliphatic rings. The van der Waals surface area contributed by atoms with Crippen molar-refractivity contribution in [3.63, 3.8) is 0 Å². The molecule has 1 aliphatic carbocycles. The summed E-state index contributed by atoms with van der Waals surface area (Å²) < 4.78 is 18.2. The van der Waals surface area contributed by atoms with E-state index in [-0.39, 0.29) is 12.4 Å². The van der Waals surface area contributed by atoms with Crippen LogP contribution in [0.5, 0.6) is 0 Å². The molecule has 3 heteroatoms. The molecule has 1 fully saturated rings. The van der Waals surface area contributed by atoms with Crippen molar-refractivity contribution in [1.82, 2.24) is 0 Å². The van der Waals surface area contributed by atoms with Gasteiger partial charge >= 0.3 is 0 Å². The summed E-state index contributed by atoms with van der Waals surface area (Å²) in [4.78, 5) is 0. The molecule has 156 valence electrons. The third-order valence-corrected chi connectivity index (χ3v) is 5.77. The zero-order chi connectivity index (χ0) is 20.3. The van der Waals surface area contributed by atoms with Gasteiger partial charge in [0.1, 0.15) is 5.76 Å². The van der Waals surface area contributed by atoms with E-state index in [0.717, 1.165) is 24.8 Å². The minimum Gasteiger partial charge on any atom is -0.465 e. The first-order valence-electron chi connectivity index (χ1n) is 10.9. The number of benzene rings is 2. The average molecular weight is 395 g/mol. The molecule has 0 spiro atoms. The molecule has 29 heavy (non-hydrogen) atoms. The zero-order valence-electron chi connectivity index (χ0n) is 17.6. The van der Waals surface area contributed by atoms with Gasteiger partial charge in [-0.15, -0.1) is 0 Å². The van der Waals surface area contributed by atoms with Gasteiger partial charge in [0, 0.05) is 19.1 Å². The van der Waals surface area contributed by atoms with Crippen LogP contribution in [0.4, 0.5) is 0 Å². The zero-order valence-corrected chi connectivity index (χ0v) is 17.6. The van der Waals surface area contributed by atoms with Gasteiger partial charge in [-0.25, -0.2) is 0 Å². The lowest BCUT2D eigenvalue weighted by Gasteiger charge is -2.32. The monoisotopic (exact) mass is 394 g/mol. The Morgan fingerprint density at radius 1 is 0.931 bits per heavy atom. The van der Waals surface area contributed by atoms with Crippen LogP contribution >= 0.6 is 0 Å². The van der Waals surface area contributed by atoms with Crippen molar-refractivity contribution in [2.24, 2.45) is 5.92 Å². The van der Waals surface area contributed by atoms with Gasteiger partial charge in [-0.3, -0.25) is 0 Å². The van der Waals surface area contributed by atoms with Crippen LogP contribution in [-0.2, 0) is 20.8 Å². The summed E-state index contributed by atoms with van der Waals surface area (Å²) in [6, 6.07) is 20.4. The Morgan fingerprint density at radius 2 is 1.59 bits per heavy atom. The van der Waals surface area contributed by atoms with Crippen LogP contribution in [0.15, 0.2) is 67.2 Å². The second kappa shape index (κ2) is 11.8. The van der Waals surface area contributed by atoms with Gasteiger partial charge in [0.15, 0.2) is 6.29 Å². The summed E-state index contributed by atoms with van der Waals surface area (Å²) in [5, 5.41) is 0. The first kappa shape index (κ1) is 21.6. The standard InChI is InChI=1S/C26H34O3/c1-21(23-15-10-6-11-16-23)29-26(27-2)19-24-17-9-3-4-12-18-25(24)28-20-22-13-7-5-8-14-22/h5-8,10-11,13-16,24-26H,1,3-4,9,12,17-20H2,2H3/t24-,25+,26-/m1/s1. The molecule has 0 amide bonds. The summed E-state index contributed by atoms with van der Waals surface area (Å²) in [6.07, 6.45) is 8.08. The molecule has 0 N–H and O–H groups in total. The first-order valence-corrected chi connectivity index (χ1v) is 10.9. The molecule has 3 atom stereocenters. The Balaban J connectivity index is 1.61. The fourth-order valence-corrected chi connectivity index (χ4v) is 4.08. The SMILES string of the molecule is C=C(O[C@H](C[C@H]1CCCCCC[C@@H]1OCc1ccccc1)OC)c1ccccc1. The molecule has 0 bridgehead atoms. The van der Waals surface area contributed by atoms with Crippen LogP contribution in [0.25, 0.3) is 5.76 Å². The summed E-state index contributed by atoms with van der Waals surface area (Å²) in [6.45, 7) is 4.76. The van der Waals surface area contributed by atoms with Crippen LogP contribution in [0.3, 0.4) is 0 Å². The van der Waals surface area contributed by atoms with Gasteiger partial charge in [-0.05, 0) is 24.3 Å². The minimum atomic E-state index is -0.310. The van der Waals surface area contributed by atoms with Crippen molar-refractivity contribution in [2.75, 3.05) is 7.11 Å². The highest BCUT2D eigenvalue weighted by Crippen LogP contribution is 2.31. The molecule has 0 unspecified atom stereocenters. The highest BCUT2D eigenvalue weighted by Gasteiger charge is 2.27. The maximum Gasteiger partial charge on any atom is 0.199 e. The lowest BCUT2D eigenvalue weighted by molar-refractivity contribution is -0.106. The lowest BCUT2D eigenvalue weighted by Crippen LogP contribution is -2.30. The maximum atomic E-state index is 6.42. The Kier molecular flexibility index (Phi) is 8.79. The fraction of sp³-hybridized carbons (Fsp3) is 0.462. The van der Waals surface area contributed by atoms with Crippen molar-refractivity contribution in [3.05, 3.63) is 78.4 Å². The van der Waals surface area contributed by atoms with Crippen LogP contribution in [0.1, 0.15) is 56.1 Å². The quantitative estimate of drug-likeness (QED) is 0.354. The fourth-order valence-electron chi connectivity index (χ4n) is 4.08. The van der Waals surface area contributed by atoms with Gasteiger partial charge in [0.2, 0.25) is 0 Å². The number of ether oxygens (including phenoxy) is 3. The minimum absolute atomic E-state index is 0.238. The normalized spacial score (nSPS) is 21.0. The first-order chi connectivity index (χ1) is 14.3. The van der Waals surface area contributed by atoms with Crippen molar-refractivity contribution >= 4 is 5.76 Å². The maximum absolute atomic E-state index is 6.42. The van der Waals surface area contributed by atoms with E-state index in [2.05, 4.69) is 30.8 Å². The van der Waals surface area contributed by atoms with Crippen molar-refractivity contribution in [1.29, 1.82) is 0 Å². The highest BCUT2D eigenvalue weighted by molar-refractivity contribution is 5.57. The van der Waals surface area contributed by atoms with E-state index in [1.807, 2.05) is 36.4 Å². The van der Waals surface area contributed by atoms with E-state index in [9.17, 15) is 0 Å². The second-order valence-electron chi connectivity index (χ2n) is 7.89. The third kappa shape index (κ3) is 7.02. The number of hydrogen-bond acceptors (Lipinski definition) is 3. The van der Waals surface area contributed by atoms with E-state index in [1.54, 1.807) is 7.11 Å². The van der Waals surface area contributed by atoms with Crippen LogP contribution in [0.2, 0.25) is 0 Å². The largest absolute Gasteiger partial charge is 0.465 e. The smallest absolute Gasteiger partial charge is 0.199 e. The number of hydrogen-bond donors (Lipinski definition) is 0. The van der Waals surface area contributed by atoms with Crippen molar-refractivity contribution < 1.29 is 14.2 Å². The highest BCUT2D eigenvalue weighted by atomic mass is 16.7. The summed E-state index contributed by atoms with van der Waals surface area (Å²) >= 11 is 0. The molecule has 2 aromatic carbocycles. The Morgan fingerprint density at radius 3 is 2.28 bits per heavy atom. The molecule has 0 aliphatic heterocycles. The third-order valence-electron chi connectivity index (χ3n) is 5.77. The molecule has 0 aromatic heterocycles. The molecule has 3 rings (SSSR count). The molecular formula is C26H34O3. The van der Waals surface area contributed by atoms with E-state index in [0.29, 0.717) is 18.3 Å². The summed E-state index contributed by atoms with van der Waals surface area (Å²) in [7, 11) is 1.71. The van der Waals surface area contributed by atoms with Gasteiger partial charge < -0.3 is 14.2 Å². The predicted octanol–water partition coefficient (Wildman–Crippen LogP) is 6.59. The van der Waals surface area contributed by atoms with Crippen molar-refractivity contribution in [3.8, 4) is 0 Å². The van der Waals surface area contributed by atoms with Crippen molar-refractivity contribution in [2.45, 2.75) is 63.9 Å². The molecular weight excluding hydrogens is 360 g/mol. The van der Waals surface area contributed by atoms with Crippen LogP contribution < -0.4 is 0 Å². The Bertz CT molecular complexity index is 713. The predicted molar refractivity (Wildman–Crippen MR) is 118 cm³/mol. The lowest BCUT2D eigenvalue weighted by atomic mass is 9.86. The molecule has 2 aromatic rings. The molecule has 0 heterocycles. The summed E-state index contributed by atoms with van der Waals surface area (Å²) in [5.41, 5.74) is 2.22. The van der Waals surface area contributed by atoms with Crippen LogP contribution in [0, 0.1) is 5.92 Å². The molecule has 1 saturated carbocycles.